The number of aromatic nitrogens is 1. The van der Waals surface area contributed by atoms with Crippen LogP contribution in [-0.4, -0.2) is 10.4 Å². The van der Waals surface area contributed by atoms with E-state index in [1.165, 1.54) is 28.3 Å². The molecule has 3 rings (SSSR count). The van der Waals surface area contributed by atoms with Gasteiger partial charge >= 0.3 is 0 Å². The maximum Gasteiger partial charge on any atom is 0.142 e. The number of hydrogen-bond donors (Lipinski definition) is 1. The molecule has 3 nitrogen and oxygen atoms in total. The monoisotopic (exact) mass is 293 g/mol. The van der Waals surface area contributed by atoms with Crippen molar-refractivity contribution in [1.82, 2.24) is 4.37 Å². The van der Waals surface area contributed by atoms with Crippen LogP contribution in [-0.2, 0) is 6.54 Å². The minimum atomic E-state index is 0.458. The van der Waals surface area contributed by atoms with Gasteiger partial charge in [-0.15, -0.1) is 11.3 Å². The number of rotatable bonds is 5. The Hall–Kier alpha value is -1.07. The minimum Gasteiger partial charge on any atom is -0.383 e. The number of hydrogen-bond acceptors (Lipinski definition) is 5. The van der Waals surface area contributed by atoms with Crippen LogP contribution in [0.3, 0.4) is 0 Å². The first-order valence-electron chi connectivity index (χ1n) is 6.71. The lowest BCUT2D eigenvalue weighted by Gasteiger charge is -2.27. The predicted octanol–water partition coefficient (Wildman–Crippen LogP) is 4.08. The van der Waals surface area contributed by atoms with Crippen LogP contribution in [0, 0.1) is 0 Å². The SMILES string of the molecule is CC(C)N(Cc1cccs1)c1snc(N)c1C1CC1. The lowest BCUT2D eigenvalue weighted by Crippen LogP contribution is -2.29. The lowest BCUT2D eigenvalue weighted by atomic mass is 10.2. The molecule has 0 radical (unpaired) electrons. The molecule has 5 heteroatoms. The van der Waals surface area contributed by atoms with Crippen LogP contribution >= 0.6 is 22.9 Å². The van der Waals surface area contributed by atoms with Gasteiger partial charge in [-0.3, -0.25) is 0 Å². The third kappa shape index (κ3) is 2.62. The highest BCUT2D eigenvalue weighted by Gasteiger charge is 2.32. The van der Waals surface area contributed by atoms with Gasteiger partial charge in [0.15, 0.2) is 0 Å². The van der Waals surface area contributed by atoms with Gasteiger partial charge < -0.3 is 10.6 Å². The first-order chi connectivity index (χ1) is 9.16. The zero-order valence-electron chi connectivity index (χ0n) is 11.3. The first-order valence-corrected chi connectivity index (χ1v) is 8.36. The van der Waals surface area contributed by atoms with Gasteiger partial charge in [0.2, 0.25) is 0 Å². The maximum absolute atomic E-state index is 6.07. The number of nitrogens with zero attached hydrogens (tertiary/aromatic N) is 2. The molecule has 1 saturated carbocycles. The average molecular weight is 293 g/mol. The standard InChI is InChI=1S/C14H19N3S2/c1-9(2)17(8-11-4-3-7-18-11)14-12(10-5-6-10)13(15)16-19-14/h3-4,7,9-10H,5-6,8H2,1-2H3,(H2,15,16). The molecule has 19 heavy (non-hydrogen) atoms. The Labute approximate surface area is 122 Å². The van der Waals surface area contributed by atoms with E-state index >= 15 is 0 Å². The normalized spacial score (nSPS) is 15.1. The molecule has 2 N–H and O–H groups in total. The smallest absolute Gasteiger partial charge is 0.142 e. The molecule has 1 aliphatic rings. The summed E-state index contributed by atoms with van der Waals surface area (Å²) in [5, 5.41) is 3.42. The molecular formula is C14H19N3S2. The van der Waals surface area contributed by atoms with Crippen molar-refractivity contribution >= 4 is 33.7 Å². The first kappa shape index (κ1) is 12.9. The third-order valence-electron chi connectivity index (χ3n) is 3.51. The number of anilines is 2. The van der Waals surface area contributed by atoms with Gasteiger partial charge in [0.1, 0.15) is 10.8 Å². The van der Waals surface area contributed by atoms with Crippen LogP contribution < -0.4 is 10.6 Å². The average Bonchev–Trinajstić information content (AvgIpc) is 2.93. The van der Waals surface area contributed by atoms with Crippen LogP contribution in [0.4, 0.5) is 10.8 Å². The van der Waals surface area contributed by atoms with Gasteiger partial charge in [0.05, 0.1) is 6.54 Å². The summed E-state index contributed by atoms with van der Waals surface area (Å²) in [4.78, 5) is 3.83. The molecule has 0 aliphatic heterocycles. The topological polar surface area (TPSA) is 42.2 Å². The molecule has 2 aromatic rings. The van der Waals surface area contributed by atoms with Crippen molar-refractivity contribution in [2.75, 3.05) is 10.6 Å². The van der Waals surface area contributed by atoms with Crippen LogP contribution in [0.25, 0.3) is 0 Å². The third-order valence-corrected chi connectivity index (χ3v) is 5.29. The van der Waals surface area contributed by atoms with Gasteiger partial charge in [-0.2, -0.15) is 4.37 Å². The number of nitrogens with two attached hydrogens (primary N) is 1. The second-order valence-corrected chi connectivity index (χ2v) is 7.15. The van der Waals surface area contributed by atoms with Crippen molar-refractivity contribution in [2.24, 2.45) is 0 Å². The van der Waals surface area contributed by atoms with Gasteiger partial charge in [0.25, 0.3) is 0 Å². The Morgan fingerprint density at radius 1 is 1.47 bits per heavy atom. The summed E-state index contributed by atoms with van der Waals surface area (Å²) < 4.78 is 4.39. The Morgan fingerprint density at radius 2 is 2.26 bits per heavy atom. The molecule has 0 saturated heterocycles. The lowest BCUT2D eigenvalue weighted by molar-refractivity contribution is 0.690. The number of thiophene rings is 1. The molecule has 1 fully saturated rings. The summed E-state index contributed by atoms with van der Waals surface area (Å²) in [6.07, 6.45) is 2.53. The molecule has 0 atom stereocenters. The van der Waals surface area contributed by atoms with E-state index in [-0.39, 0.29) is 0 Å². The van der Waals surface area contributed by atoms with Gasteiger partial charge in [-0.1, -0.05) is 6.07 Å². The summed E-state index contributed by atoms with van der Waals surface area (Å²) in [5.41, 5.74) is 7.37. The second-order valence-electron chi connectivity index (χ2n) is 5.36. The maximum atomic E-state index is 6.07. The van der Waals surface area contributed by atoms with Crippen molar-refractivity contribution in [1.29, 1.82) is 0 Å². The van der Waals surface area contributed by atoms with Crippen LogP contribution in [0.1, 0.15) is 43.0 Å². The molecule has 0 unspecified atom stereocenters. The second kappa shape index (κ2) is 5.13. The number of nitrogen functional groups attached to an aromatic ring is 1. The van der Waals surface area contributed by atoms with Gasteiger partial charge in [0, 0.05) is 16.5 Å². The van der Waals surface area contributed by atoms with E-state index in [1.807, 2.05) is 11.3 Å². The molecule has 0 amide bonds. The molecule has 0 bridgehead atoms. The molecule has 2 aromatic heterocycles. The summed E-state index contributed by atoms with van der Waals surface area (Å²) in [6, 6.07) is 4.77. The Balaban J connectivity index is 1.91. The van der Waals surface area contributed by atoms with E-state index in [9.17, 15) is 0 Å². The van der Waals surface area contributed by atoms with Crippen molar-refractivity contribution in [3.8, 4) is 0 Å². The Kier molecular flexibility index (Phi) is 3.50. The van der Waals surface area contributed by atoms with Gasteiger partial charge in [-0.05, 0) is 55.6 Å². The fourth-order valence-corrected chi connectivity index (χ4v) is 4.06. The summed E-state index contributed by atoms with van der Waals surface area (Å²) in [6.45, 7) is 5.43. The highest BCUT2D eigenvalue weighted by Crippen LogP contribution is 2.49. The quantitative estimate of drug-likeness (QED) is 0.903. The van der Waals surface area contributed by atoms with E-state index in [4.69, 9.17) is 5.73 Å². The molecule has 102 valence electrons. The van der Waals surface area contributed by atoms with E-state index in [1.54, 1.807) is 11.5 Å². The molecule has 0 aromatic carbocycles. The van der Waals surface area contributed by atoms with E-state index in [0.29, 0.717) is 12.0 Å². The highest BCUT2D eigenvalue weighted by atomic mass is 32.1. The zero-order valence-corrected chi connectivity index (χ0v) is 12.9. The van der Waals surface area contributed by atoms with E-state index < -0.39 is 0 Å². The predicted molar refractivity (Wildman–Crippen MR) is 84.1 cm³/mol. The van der Waals surface area contributed by atoms with Crippen molar-refractivity contribution in [3.05, 3.63) is 28.0 Å². The van der Waals surface area contributed by atoms with E-state index in [2.05, 4.69) is 40.6 Å². The Bertz CT molecular complexity index is 541. The Morgan fingerprint density at radius 3 is 2.84 bits per heavy atom. The molecule has 0 spiro atoms. The summed E-state index contributed by atoms with van der Waals surface area (Å²) in [7, 11) is 0. The highest BCUT2D eigenvalue weighted by molar-refractivity contribution is 7.11. The van der Waals surface area contributed by atoms with Crippen molar-refractivity contribution in [2.45, 2.75) is 45.2 Å². The molecular weight excluding hydrogens is 274 g/mol. The van der Waals surface area contributed by atoms with Crippen molar-refractivity contribution < 1.29 is 0 Å². The molecule has 2 heterocycles. The summed E-state index contributed by atoms with van der Waals surface area (Å²) >= 11 is 3.37. The van der Waals surface area contributed by atoms with Gasteiger partial charge in [-0.25, -0.2) is 0 Å². The zero-order chi connectivity index (χ0) is 13.4. The summed E-state index contributed by atoms with van der Waals surface area (Å²) in [5.74, 6) is 1.40. The van der Waals surface area contributed by atoms with Crippen LogP contribution in [0.15, 0.2) is 17.5 Å². The van der Waals surface area contributed by atoms with Crippen LogP contribution in [0.5, 0.6) is 0 Å². The molecule has 1 aliphatic carbocycles. The fraction of sp³-hybridized carbons (Fsp3) is 0.500. The van der Waals surface area contributed by atoms with Crippen molar-refractivity contribution in [3.63, 3.8) is 0 Å². The van der Waals surface area contributed by atoms with E-state index in [0.717, 1.165) is 12.4 Å². The largest absolute Gasteiger partial charge is 0.383 e. The fourth-order valence-electron chi connectivity index (χ4n) is 2.32. The minimum absolute atomic E-state index is 0.458. The van der Waals surface area contributed by atoms with Crippen LogP contribution in [0.2, 0.25) is 0 Å².